The van der Waals surface area contributed by atoms with E-state index in [1.165, 1.54) is 36.3 Å². The van der Waals surface area contributed by atoms with Crippen LogP contribution in [0.3, 0.4) is 0 Å². The highest BCUT2D eigenvalue weighted by atomic mass is 32.2. The largest absolute Gasteiger partial charge is 0.494 e. The summed E-state index contributed by atoms with van der Waals surface area (Å²) in [5.74, 6) is -0.286. The average molecular weight is 503 g/mol. The van der Waals surface area contributed by atoms with Crippen molar-refractivity contribution < 1.29 is 27.5 Å². The standard InChI is InChI=1S/C24H30N4O6S/c1-24(2,3)18-13-17(28-20(29)11-12-25-23(28)31)14-19(21(18)34-5)27(4)22(30)15-7-9-16(10-8-15)26-35(6,32)33/h7-10,13-14,26H,11-12H2,1-6H3,(H,25,31). The maximum absolute atomic E-state index is 13.4. The molecule has 0 aromatic heterocycles. The molecule has 0 spiro atoms. The Morgan fingerprint density at radius 3 is 2.29 bits per heavy atom. The number of urea groups is 1. The maximum Gasteiger partial charge on any atom is 0.328 e. The monoisotopic (exact) mass is 502 g/mol. The van der Waals surface area contributed by atoms with Crippen LogP contribution in [0, 0.1) is 0 Å². The fraction of sp³-hybridized carbons (Fsp3) is 0.375. The van der Waals surface area contributed by atoms with Gasteiger partial charge in [-0.25, -0.2) is 18.1 Å². The van der Waals surface area contributed by atoms with E-state index in [2.05, 4.69) is 10.0 Å². The average Bonchev–Trinajstić information content (AvgIpc) is 2.76. The second-order valence-corrected chi connectivity index (χ2v) is 11.1. The van der Waals surface area contributed by atoms with E-state index >= 15 is 0 Å². The minimum Gasteiger partial charge on any atom is -0.494 e. The van der Waals surface area contributed by atoms with Crippen LogP contribution in [0.25, 0.3) is 0 Å². The first-order valence-corrected chi connectivity index (χ1v) is 12.8. The zero-order valence-corrected chi connectivity index (χ0v) is 21.4. The Morgan fingerprint density at radius 2 is 1.77 bits per heavy atom. The van der Waals surface area contributed by atoms with E-state index in [-0.39, 0.29) is 24.8 Å². The van der Waals surface area contributed by atoms with Gasteiger partial charge in [0.25, 0.3) is 5.91 Å². The predicted molar refractivity (Wildman–Crippen MR) is 135 cm³/mol. The van der Waals surface area contributed by atoms with Gasteiger partial charge in [0.1, 0.15) is 5.75 Å². The lowest BCUT2D eigenvalue weighted by molar-refractivity contribution is -0.118. The molecule has 3 rings (SSSR count). The zero-order chi connectivity index (χ0) is 26.1. The van der Waals surface area contributed by atoms with Crippen molar-refractivity contribution >= 4 is 44.9 Å². The molecule has 1 heterocycles. The van der Waals surface area contributed by atoms with Crippen molar-refractivity contribution in [2.45, 2.75) is 32.6 Å². The number of carbonyl (C=O) groups is 3. The van der Waals surface area contributed by atoms with Crippen molar-refractivity contribution in [2.24, 2.45) is 0 Å². The van der Waals surface area contributed by atoms with Crippen LogP contribution in [-0.2, 0) is 20.2 Å². The number of ether oxygens (including phenoxy) is 1. The lowest BCUT2D eigenvalue weighted by Gasteiger charge is -2.31. The van der Waals surface area contributed by atoms with Gasteiger partial charge in [0.2, 0.25) is 15.9 Å². The molecule has 1 saturated heterocycles. The first-order chi connectivity index (χ1) is 16.2. The Kier molecular flexibility index (Phi) is 7.11. The minimum atomic E-state index is -3.45. The molecular weight excluding hydrogens is 472 g/mol. The van der Waals surface area contributed by atoms with Crippen LogP contribution >= 0.6 is 0 Å². The highest BCUT2D eigenvalue weighted by molar-refractivity contribution is 7.92. The highest BCUT2D eigenvalue weighted by Gasteiger charge is 2.32. The lowest BCUT2D eigenvalue weighted by atomic mass is 9.85. The van der Waals surface area contributed by atoms with Crippen LogP contribution < -0.4 is 24.6 Å². The Balaban J connectivity index is 2.08. The SMILES string of the molecule is COc1c(N(C)C(=O)c2ccc(NS(C)(=O)=O)cc2)cc(N2C(=O)CCNC2=O)cc1C(C)(C)C. The second kappa shape index (κ2) is 9.57. The number of carbonyl (C=O) groups excluding carboxylic acids is 3. The fourth-order valence-electron chi connectivity index (χ4n) is 3.79. The predicted octanol–water partition coefficient (Wildman–Crippen LogP) is 3.09. The van der Waals surface area contributed by atoms with Gasteiger partial charge in [-0.15, -0.1) is 0 Å². The fourth-order valence-corrected chi connectivity index (χ4v) is 4.35. The molecule has 0 radical (unpaired) electrons. The summed E-state index contributed by atoms with van der Waals surface area (Å²) in [6.45, 7) is 6.16. The smallest absolute Gasteiger partial charge is 0.328 e. The molecule has 1 fully saturated rings. The number of methoxy groups -OCH3 is 1. The summed E-state index contributed by atoms with van der Waals surface area (Å²) in [6.07, 6.45) is 1.21. The van der Waals surface area contributed by atoms with Crippen LogP contribution in [0.4, 0.5) is 21.9 Å². The molecule has 1 aliphatic rings. The van der Waals surface area contributed by atoms with E-state index in [9.17, 15) is 22.8 Å². The zero-order valence-electron chi connectivity index (χ0n) is 20.6. The van der Waals surface area contributed by atoms with Crippen LogP contribution in [0.1, 0.15) is 43.1 Å². The summed E-state index contributed by atoms with van der Waals surface area (Å²) in [6, 6.07) is 8.79. The summed E-state index contributed by atoms with van der Waals surface area (Å²) in [5, 5.41) is 2.67. The van der Waals surface area contributed by atoms with Crippen molar-refractivity contribution in [3.05, 3.63) is 47.5 Å². The summed E-state index contributed by atoms with van der Waals surface area (Å²) in [5.41, 5.74) is 1.63. The number of imide groups is 1. The van der Waals surface area contributed by atoms with E-state index in [0.717, 1.165) is 11.2 Å². The molecule has 4 amide bonds. The Hall–Kier alpha value is -3.60. The van der Waals surface area contributed by atoms with Gasteiger partial charge in [-0.2, -0.15) is 0 Å². The number of amides is 4. The van der Waals surface area contributed by atoms with Gasteiger partial charge in [-0.1, -0.05) is 20.8 Å². The van der Waals surface area contributed by atoms with Crippen LogP contribution in [-0.4, -0.2) is 53.2 Å². The molecule has 1 aliphatic heterocycles. The minimum absolute atomic E-state index is 0.167. The van der Waals surface area contributed by atoms with Gasteiger partial charge < -0.3 is 15.0 Å². The topological polar surface area (TPSA) is 125 Å². The van der Waals surface area contributed by atoms with Gasteiger partial charge in [0.15, 0.2) is 0 Å². The molecule has 0 atom stereocenters. The number of benzene rings is 2. The first-order valence-electron chi connectivity index (χ1n) is 10.9. The number of nitrogens with one attached hydrogen (secondary N) is 2. The summed E-state index contributed by atoms with van der Waals surface area (Å²) in [7, 11) is -0.385. The Morgan fingerprint density at radius 1 is 1.14 bits per heavy atom. The maximum atomic E-state index is 13.4. The third-order valence-corrected chi connectivity index (χ3v) is 6.10. The molecule has 188 valence electrons. The molecule has 0 saturated carbocycles. The molecule has 2 N–H and O–H groups in total. The summed E-state index contributed by atoms with van der Waals surface area (Å²) < 4.78 is 31.0. The summed E-state index contributed by atoms with van der Waals surface area (Å²) >= 11 is 0. The number of sulfonamides is 1. The van der Waals surface area contributed by atoms with Crippen LogP contribution in [0.5, 0.6) is 5.75 Å². The normalized spacial score (nSPS) is 14.4. The third kappa shape index (κ3) is 5.73. The lowest BCUT2D eigenvalue weighted by Crippen LogP contribution is -2.50. The van der Waals surface area contributed by atoms with Crippen LogP contribution in [0.2, 0.25) is 0 Å². The molecule has 0 bridgehead atoms. The van der Waals surface area contributed by atoms with Crippen molar-refractivity contribution in [3.63, 3.8) is 0 Å². The van der Waals surface area contributed by atoms with E-state index < -0.39 is 21.5 Å². The quantitative estimate of drug-likeness (QED) is 0.625. The molecule has 0 unspecified atom stereocenters. The molecule has 11 heteroatoms. The van der Waals surface area contributed by atoms with Gasteiger partial charge >= 0.3 is 6.03 Å². The van der Waals surface area contributed by atoms with Gasteiger partial charge in [0, 0.05) is 36.8 Å². The van der Waals surface area contributed by atoms with Crippen molar-refractivity contribution in [2.75, 3.05) is 41.5 Å². The molecule has 2 aromatic carbocycles. The Labute approximate surface area is 205 Å². The number of hydrogen-bond acceptors (Lipinski definition) is 6. The number of nitrogens with zero attached hydrogens (tertiary/aromatic N) is 2. The van der Waals surface area contributed by atoms with E-state index in [0.29, 0.717) is 33.9 Å². The number of hydrogen-bond donors (Lipinski definition) is 2. The van der Waals surface area contributed by atoms with E-state index in [1.54, 1.807) is 19.2 Å². The van der Waals surface area contributed by atoms with E-state index in [4.69, 9.17) is 4.74 Å². The first kappa shape index (κ1) is 26.0. The van der Waals surface area contributed by atoms with Crippen LogP contribution in [0.15, 0.2) is 36.4 Å². The third-order valence-electron chi connectivity index (χ3n) is 5.49. The van der Waals surface area contributed by atoms with Crippen molar-refractivity contribution in [1.29, 1.82) is 0 Å². The van der Waals surface area contributed by atoms with Crippen molar-refractivity contribution in [1.82, 2.24) is 5.32 Å². The Bertz CT molecular complexity index is 1250. The molecule has 2 aromatic rings. The molecule has 0 aliphatic carbocycles. The summed E-state index contributed by atoms with van der Waals surface area (Å²) in [4.78, 5) is 40.9. The molecule has 10 nitrogen and oxygen atoms in total. The molecular formula is C24H30N4O6S. The highest BCUT2D eigenvalue weighted by Crippen LogP contribution is 2.42. The molecule has 35 heavy (non-hydrogen) atoms. The van der Waals surface area contributed by atoms with Gasteiger partial charge in [-0.05, 0) is 41.8 Å². The number of anilines is 3. The van der Waals surface area contributed by atoms with E-state index in [1.807, 2.05) is 20.8 Å². The van der Waals surface area contributed by atoms with Gasteiger partial charge in [-0.3, -0.25) is 14.3 Å². The van der Waals surface area contributed by atoms with Crippen molar-refractivity contribution in [3.8, 4) is 5.75 Å². The second-order valence-electron chi connectivity index (χ2n) is 9.32. The number of rotatable bonds is 6. The van der Waals surface area contributed by atoms with Gasteiger partial charge in [0.05, 0.1) is 24.7 Å².